The van der Waals surface area contributed by atoms with Gasteiger partial charge in [-0.25, -0.2) is 0 Å². The number of anilines is 1. The molecule has 0 aliphatic rings. The molecule has 0 aliphatic carbocycles. The first-order chi connectivity index (χ1) is 8.58. The summed E-state index contributed by atoms with van der Waals surface area (Å²) in [7, 11) is 1.38. The van der Waals surface area contributed by atoms with Gasteiger partial charge in [0, 0.05) is 20.0 Å². The molecule has 0 bridgehead atoms. The Labute approximate surface area is 107 Å². The Morgan fingerprint density at radius 2 is 2.11 bits per heavy atom. The lowest BCUT2D eigenvalue weighted by molar-refractivity contribution is -0.140. The molecule has 18 heavy (non-hydrogen) atoms. The summed E-state index contributed by atoms with van der Waals surface area (Å²) in [6.45, 7) is 4.81. The minimum Gasteiger partial charge on any atom is -0.469 e. The number of ketones is 1. The largest absolute Gasteiger partial charge is 0.469 e. The molecule has 1 rings (SSSR count). The average Bonchev–Trinajstić information content (AvgIpc) is 2.39. The van der Waals surface area contributed by atoms with Crippen LogP contribution in [-0.2, 0) is 9.53 Å². The molecule has 5 heteroatoms. The second kappa shape index (κ2) is 6.74. The number of carbonyl (C=O) groups is 2. The number of ether oxygens (including phenoxy) is 1. The predicted octanol–water partition coefficient (Wildman–Crippen LogP) is 1.67. The molecule has 0 saturated carbocycles. The van der Waals surface area contributed by atoms with Gasteiger partial charge in [-0.2, -0.15) is 0 Å². The number of Topliss-reactive ketones (excluding diaryl/α,β-unsaturated/α-hetero) is 1. The molecule has 0 radical (unpaired) electrons. The fourth-order valence-corrected chi connectivity index (χ4v) is 1.58. The molecule has 0 spiro atoms. The van der Waals surface area contributed by atoms with Crippen LogP contribution in [0.4, 0.5) is 5.69 Å². The topological polar surface area (TPSA) is 59.5 Å². The van der Waals surface area contributed by atoms with Crippen molar-refractivity contribution in [2.45, 2.75) is 20.3 Å². The Kier molecular flexibility index (Phi) is 5.30. The van der Waals surface area contributed by atoms with Gasteiger partial charge in [0.15, 0.2) is 5.78 Å². The number of carbonyl (C=O) groups excluding carboxylic acids is 2. The molecule has 0 amide bonds. The van der Waals surface area contributed by atoms with E-state index < -0.39 is 0 Å². The average molecular weight is 250 g/mol. The van der Waals surface area contributed by atoms with Gasteiger partial charge in [-0.15, -0.1) is 0 Å². The van der Waals surface area contributed by atoms with E-state index in [1.54, 1.807) is 12.3 Å². The van der Waals surface area contributed by atoms with Crippen molar-refractivity contribution < 1.29 is 14.3 Å². The van der Waals surface area contributed by atoms with Crippen LogP contribution in [0.15, 0.2) is 18.3 Å². The molecule has 1 aromatic rings. The number of hydrogen-bond acceptors (Lipinski definition) is 5. The maximum atomic E-state index is 11.1. The molecule has 0 N–H and O–H groups in total. The normalized spacial score (nSPS) is 9.94. The lowest BCUT2D eigenvalue weighted by Gasteiger charge is -2.22. The van der Waals surface area contributed by atoms with Gasteiger partial charge in [0.05, 0.1) is 25.4 Å². The van der Waals surface area contributed by atoms with E-state index in [0.717, 1.165) is 12.2 Å². The number of hydrogen-bond donors (Lipinski definition) is 0. The highest BCUT2D eigenvalue weighted by Crippen LogP contribution is 2.13. The van der Waals surface area contributed by atoms with Crippen molar-refractivity contribution in [2.75, 3.05) is 25.1 Å². The van der Waals surface area contributed by atoms with Gasteiger partial charge in [0.1, 0.15) is 5.69 Å². The third-order valence-electron chi connectivity index (χ3n) is 2.67. The summed E-state index contributed by atoms with van der Waals surface area (Å²) >= 11 is 0. The number of nitrogens with zero attached hydrogens (tertiary/aromatic N) is 2. The van der Waals surface area contributed by atoms with E-state index in [-0.39, 0.29) is 11.8 Å². The van der Waals surface area contributed by atoms with E-state index in [2.05, 4.69) is 9.72 Å². The Bertz CT molecular complexity index is 415. The van der Waals surface area contributed by atoms with Crippen LogP contribution >= 0.6 is 0 Å². The summed E-state index contributed by atoms with van der Waals surface area (Å²) in [5.74, 6) is -0.291. The highest BCUT2D eigenvalue weighted by molar-refractivity contribution is 5.92. The molecular formula is C13H18N2O3. The molecule has 0 fully saturated rings. The van der Waals surface area contributed by atoms with Gasteiger partial charge in [-0.1, -0.05) is 0 Å². The zero-order chi connectivity index (χ0) is 13.5. The maximum Gasteiger partial charge on any atom is 0.307 e. The lowest BCUT2D eigenvalue weighted by Crippen LogP contribution is -2.26. The minimum absolute atomic E-state index is 0.0563. The van der Waals surface area contributed by atoms with Crippen molar-refractivity contribution >= 4 is 17.4 Å². The summed E-state index contributed by atoms with van der Waals surface area (Å²) in [6.07, 6.45) is 1.98. The molecule has 5 nitrogen and oxygen atoms in total. The first kappa shape index (κ1) is 14.2. The van der Waals surface area contributed by atoms with Gasteiger partial charge in [-0.3, -0.25) is 14.6 Å². The fraction of sp³-hybridized carbons (Fsp3) is 0.462. The third-order valence-corrected chi connectivity index (χ3v) is 2.67. The van der Waals surface area contributed by atoms with Gasteiger partial charge >= 0.3 is 5.97 Å². The summed E-state index contributed by atoms with van der Waals surface area (Å²) in [6, 6.07) is 3.53. The number of aromatic nitrogens is 1. The zero-order valence-corrected chi connectivity index (χ0v) is 11.0. The third kappa shape index (κ3) is 3.84. The zero-order valence-electron chi connectivity index (χ0n) is 11.0. The first-order valence-corrected chi connectivity index (χ1v) is 5.87. The van der Waals surface area contributed by atoms with Crippen molar-refractivity contribution in [3.63, 3.8) is 0 Å². The first-order valence-electron chi connectivity index (χ1n) is 5.87. The van der Waals surface area contributed by atoms with Crippen molar-refractivity contribution in [2.24, 2.45) is 0 Å². The monoisotopic (exact) mass is 250 g/mol. The highest BCUT2D eigenvalue weighted by atomic mass is 16.5. The molecule has 1 aromatic heterocycles. The molecule has 0 atom stereocenters. The van der Waals surface area contributed by atoms with Gasteiger partial charge in [-0.05, 0) is 19.1 Å². The Balaban J connectivity index is 2.70. The molecule has 0 unspecified atom stereocenters. The molecule has 0 aromatic carbocycles. The van der Waals surface area contributed by atoms with Crippen molar-refractivity contribution in [1.82, 2.24) is 4.98 Å². The van der Waals surface area contributed by atoms with Crippen LogP contribution in [0.1, 0.15) is 30.8 Å². The maximum absolute atomic E-state index is 11.1. The second-order valence-electron chi connectivity index (χ2n) is 3.86. The summed E-state index contributed by atoms with van der Waals surface area (Å²) < 4.78 is 4.61. The van der Waals surface area contributed by atoms with Crippen molar-refractivity contribution in [1.29, 1.82) is 0 Å². The van der Waals surface area contributed by atoms with Crippen molar-refractivity contribution in [3.8, 4) is 0 Å². The standard InChI is InChI=1S/C13H18N2O3/c1-4-15(8-7-13(17)18-3)11-5-6-12(10(2)16)14-9-11/h5-6,9H,4,7-8H2,1-3H3. The van der Waals surface area contributed by atoms with Crippen LogP contribution in [0.5, 0.6) is 0 Å². The fourth-order valence-electron chi connectivity index (χ4n) is 1.58. The summed E-state index contributed by atoms with van der Waals surface area (Å²) in [5.41, 5.74) is 1.34. The van der Waals surface area contributed by atoms with E-state index in [1.807, 2.05) is 17.9 Å². The minimum atomic E-state index is -0.234. The Morgan fingerprint density at radius 3 is 2.56 bits per heavy atom. The van der Waals surface area contributed by atoms with Crippen LogP contribution < -0.4 is 4.90 Å². The van der Waals surface area contributed by atoms with Crippen LogP contribution in [0.2, 0.25) is 0 Å². The van der Waals surface area contributed by atoms with Gasteiger partial charge < -0.3 is 9.64 Å². The molecule has 0 saturated heterocycles. The van der Waals surface area contributed by atoms with Crippen LogP contribution in [-0.4, -0.2) is 36.9 Å². The van der Waals surface area contributed by atoms with E-state index in [1.165, 1.54) is 14.0 Å². The van der Waals surface area contributed by atoms with Crippen molar-refractivity contribution in [3.05, 3.63) is 24.0 Å². The summed E-state index contributed by atoms with van der Waals surface area (Å²) in [4.78, 5) is 28.3. The number of rotatable bonds is 6. The van der Waals surface area contributed by atoms with E-state index in [4.69, 9.17) is 0 Å². The van der Waals surface area contributed by atoms with Crippen LogP contribution in [0, 0.1) is 0 Å². The Morgan fingerprint density at radius 1 is 1.39 bits per heavy atom. The molecule has 0 aliphatic heterocycles. The number of esters is 1. The highest BCUT2D eigenvalue weighted by Gasteiger charge is 2.09. The molecular weight excluding hydrogens is 232 g/mol. The van der Waals surface area contributed by atoms with Crippen LogP contribution in [0.25, 0.3) is 0 Å². The molecule has 98 valence electrons. The predicted molar refractivity (Wildman–Crippen MR) is 68.8 cm³/mol. The quantitative estimate of drug-likeness (QED) is 0.568. The van der Waals surface area contributed by atoms with Crippen LogP contribution in [0.3, 0.4) is 0 Å². The lowest BCUT2D eigenvalue weighted by atomic mass is 10.2. The van der Waals surface area contributed by atoms with E-state index in [9.17, 15) is 9.59 Å². The second-order valence-corrected chi connectivity index (χ2v) is 3.86. The van der Waals surface area contributed by atoms with Gasteiger partial charge in [0.25, 0.3) is 0 Å². The smallest absolute Gasteiger partial charge is 0.307 e. The SMILES string of the molecule is CCN(CCC(=O)OC)c1ccc(C(C)=O)nc1. The summed E-state index contributed by atoms with van der Waals surface area (Å²) in [5, 5.41) is 0. The Hall–Kier alpha value is -1.91. The van der Waals surface area contributed by atoms with E-state index in [0.29, 0.717) is 18.7 Å². The number of methoxy groups -OCH3 is 1. The van der Waals surface area contributed by atoms with E-state index >= 15 is 0 Å². The number of pyridine rings is 1. The molecule has 1 heterocycles. The van der Waals surface area contributed by atoms with Gasteiger partial charge in [0.2, 0.25) is 0 Å².